The van der Waals surface area contributed by atoms with E-state index in [9.17, 15) is 14.0 Å². The van der Waals surface area contributed by atoms with Crippen LogP contribution in [0, 0.1) is 5.82 Å². The number of anilines is 2. The second-order valence-electron chi connectivity index (χ2n) is 6.55. The van der Waals surface area contributed by atoms with Gasteiger partial charge in [-0.05, 0) is 24.3 Å². The summed E-state index contributed by atoms with van der Waals surface area (Å²) in [6, 6.07) is 13.1. The highest BCUT2D eigenvalue weighted by atomic mass is 32.2. The quantitative estimate of drug-likeness (QED) is 0.493. The minimum atomic E-state index is -0.486. The zero-order valence-corrected chi connectivity index (χ0v) is 17.9. The zero-order chi connectivity index (χ0) is 22.2. The molecule has 1 heterocycles. The normalized spacial score (nSPS) is 10.5. The van der Waals surface area contributed by atoms with Gasteiger partial charge in [-0.3, -0.25) is 9.59 Å². The molecule has 31 heavy (non-hydrogen) atoms. The number of carbonyl (C=O) groups is 2. The second kappa shape index (κ2) is 10.6. The SMILES string of the molecule is COc1cccc(NC(=O)CSc2nnc(CCC(=O)Nc3ccccc3F)n2C)c1. The number of nitrogens with zero attached hydrogens (tertiary/aromatic N) is 3. The monoisotopic (exact) mass is 443 g/mol. The van der Waals surface area contributed by atoms with Crippen LogP contribution in [0.15, 0.2) is 53.7 Å². The first-order valence-electron chi connectivity index (χ1n) is 9.45. The fourth-order valence-electron chi connectivity index (χ4n) is 2.72. The number of hydrogen-bond acceptors (Lipinski definition) is 6. The Kier molecular flexibility index (Phi) is 7.60. The van der Waals surface area contributed by atoms with Crippen LogP contribution in [0.5, 0.6) is 5.75 Å². The maximum absolute atomic E-state index is 13.6. The fourth-order valence-corrected chi connectivity index (χ4v) is 3.45. The van der Waals surface area contributed by atoms with E-state index in [1.165, 1.54) is 23.9 Å². The molecule has 0 fully saturated rings. The lowest BCUT2D eigenvalue weighted by molar-refractivity contribution is -0.116. The van der Waals surface area contributed by atoms with Gasteiger partial charge < -0.3 is 19.9 Å². The Bertz CT molecular complexity index is 1070. The van der Waals surface area contributed by atoms with Crippen LogP contribution in [0.3, 0.4) is 0 Å². The van der Waals surface area contributed by atoms with Crippen LogP contribution in [0.2, 0.25) is 0 Å². The number of benzene rings is 2. The van der Waals surface area contributed by atoms with E-state index < -0.39 is 5.82 Å². The summed E-state index contributed by atoms with van der Waals surface area (Å²) < 4.78 is 20.5. The molecule has 1 aromatic heterocycles. The third-order valence-electron chi connectivity index (χ3n) is 4.33. The van der Waals surface area contributed by atoms with E-state index in [1.54, 1.807) is 55.1 Å². The predicted molar refractivity (Wildman–Crippen MR) is 117 cm³/mol. The van der Waals surface area contributed by atoms with Crippen molar-refractivity contribution in [2.45, 2.75) is 18.0 Å². The van der Waals surface area contributed by atoms with Gasteiger partial charge in [-0.2, -0.15) is 0 Å². The van der Waals surface area contributed by atoms with Gasteiger partial charge in [0.15, 0.2) is 5.16 Å². The van der Waals surface area contributed by atoms with E-state index in [-0.39, 0.29) is 29.7 Å². The van der Waals surface area contributed by atoms with E-state index in [0.29, 0.717) is 28.8 Å². The van der Waals surface area contributed by atoms with Crippen molar-refractivity contribution in [2.75, 3.05) is 23.5 Å². The third-order valence-corrected chi connectivity index (χ3v) is 5.35. The Hall–Kier alpha value is -3.40. The molecule has 0 spiro atoms. The lowest BCUT2D eigenvalue weighted by Gasteiger charge is -2.07. The average Bonchev–Trinajstić information content (AvgIpc) is 3.12. The van der Waals surface area contributed by atoms with Crippen molar-refractivity contribution >= 4 is 35.0 Å². The second-order valence-corrected chi connectivity index (χ2v) is 7.50. The lowest BCUT2D eigenvalue weighted by atomic mass is 10.2. The summed E-state index contributed by atoms with van der Waals surface area (Å²) in [5.41, 5.74) is 0.785. The Morgan fingerprint density at radius 3 is 2.68 bits per heavy atom. The van der Waals surface area contributed by atoms with Crippen molar-refractivity contribution in [1.29, 1.82) is 0 Å². The topological polar surface area (TPSA) is 98.1 Å². The number of methoxy groups -OCH3 is 1. The number of aryl methyl sites for hydroxylation is 1. The fraction of sp³-hybridized carbons (Fsp3) is 0.238. The van der Waals surface area contributed by atoms with Crippen molar-refractivity contribution in [2.24, 2.45) is 7.05 Å². The average molecular weight is 444 g/mol. The van der Waals surface area contributed by atoms with Gasteiger partial charge in [0, 0.05) is 31.6 Å². The minimum Gasteiger partial charge on any atom is -0.497 e. The highest BCUT2D eigenvalue weighted by molar-refractivity contribution is 7.99. The molecule has 0 aliphatic heterocycles. The molecule has 0 radical (unpaired) electrons. The number of thioether (sulfide) groups is 1. The van der Waals surface area contributed by atoms with Crippen LogP contribution in [0.1, 0.15) is 12.2 Å². The first-order chi connectivity index (χ1) is 15.0. The molecule has 0 unspecified atom stereocenters. The molecule has 0 aliphatic carbocycles. The van der Waals surface area contributed by atoms with Crippen LogP contribution < -0.4 is 15.4 Å². The Morgan fingerprint density at radius 2 is 1.90 bits per heavy atom. The third kappa shape index (κ3) is 6.29. The molecule has 2 aromatic carbocycles. The van der Waals surface area contributed by atoms with Crippen molar-refractivity contribution < 1.29 is 18.7 Å². The van der Waals surface area contributed by atoms with Gasteiger partial charge in [0.05, 0.1) is 18.6 Å². The van der Waals surface area contributed by atoms with Gasteiger partial charge in [-0.25, -0.2) is 4.39 Å². The molecule has 0 aliphatic rings. The molecule has 0 saturated heterocycles. The molecule has 0 atom stereocenters. The van der Waals surface area contributed by atoms with E-state index >= 15 is 0 Å². The molecular weight excluding hydrogens is 421 g/mol. The molecular formula is C21H22FN5O3S. The van der Waals surface area contributed by atoms with Crippen LogP contribution >= 0.6 is 11.8 Å². The maximum Gasteiger partial charge on any atom is 0.234 e. The summed E-state index contributed by atoms with van der Waals surface area (Å²) >= 11 is 1.24. The van der Waals surface area contributed by atoms with E-state index in [2.05, 4.69) is 20.8 Å². The van der Waals surface area contributed by atoms with Crippen molar-refractivity contribution in [3.8, 4) is 5.75 Å². The molecule has 8 nitrogen and oxygen atoms in total. The van der Waals surface area contributed by atoms with Gasteiger partial charge >= 0.3 is 0 Å². The van der Waals surface area contributed by atoms with Crippen LogP contribution in [-0.4, -0.2) is 39.4 Å². The van der Waals surface area contributed by atoms with Gasteiger partial charge in [-0.1, -0.05) is 30.0 Å². The van der Waals surface area contributed by atoms with Crippen molar-refractivity contribution in [3.05, 3.63) is 60.2 Å². The highest BCUT2D eigenvalue weighted by Gasteiger charge is 2.14. The molecule has 0 saturated carbocycles. The molecule has 2 amide bonds. The summed E-state index contributed by atoms with van der Waals surface area (Å²) in [5, 5.41) is 14.1. The van der Waals surface area contributed by atoms with Crippen LogP contribution in [-0.2, 0) is 23.1 Å². The number of rotatable bonds is 9. The lowest BCUT2D eigenvalue weighted by Crippen LogP contribution is -2.15. The zero-order valence-electron chi connectivity index (χ0n) is 17.1. The Labute approximate surface area is 183 Å². The summed E-state index contributed by atoms with van der Waals surface area (Å²) in [7, 11) is 3.33. The van der Waals surface area contributed by atoms with Crippen LogP contribution in [0.4, 0.5) is 15.8 Å². The Balaban J connectivity index is 1.48. The molecule has 162 valence electrons. The van der Waals surface area contributed by atoms with Crippen LogP contribution in [0.25, 0.3) is 0 Å². The molecule has 2 N–H and O–H groups in total. The first-order valence-corrected chi connectivity index (χ1v) is 10.4. The van der Waals surface area contributed by atoms with Gasteiger partial charge in [0.2, 0.25) is 11.8 Å². The standard InChI is InChI=1S/C21H22FN5O3S/c1-27-18(10-11-19(28)24-17-9-4-3-8-16(17)22)25-26-21(27)31-13-20(29)23-14-6-5-7-15(12-14)30-2/h3-9,12H,10-11,13H2,1-2H3,(H,23,29)(H,24,28). The van der Waals surface area contributed by atoms with Crippen molar-refractivity contribution in [1.82, 2.24) is 14.8 Å². The number of amides is 2. The number of halogens is 1. The van der Waals surface area contributed by atoms with E-state index in [1.807, 2.05) is 0 Å². The molecule has 3 aromatic rings. The smallest absolute Gasteiger partial charge is 0.234 e. The molecule has 10 heteroatoms. The summed E-state index contributed by atoms with van der Waals surface area (Å²) in [5.74, 6) is 0.408. The number of ether oxygens (including phenoxy) is 1. The maximum atomic E-state index is 13.6. The number of hydrogen-bond donors (Lipinski definition) is 2. The predicted octanol–water partition coefficient (Wildman–Crippen LogP) is 3.26. The number of aromatic nitrogens is 3. The number of nitrogens with one attached hydrogen (secondary N) is 2. The van der Waals surface area contributed by atoms with Gasteiger partial charge in [0.1, 0.15) is 17.4 Å². The first kappa shape index (κ1) is 22.3. The minimum absolute atomic E-state index is 0.126. The van der Waals surface area contributed by atoms with Gasteiger partial charge in [-0.15, -0.1) is 10.2 Å². The molecule has 0 bridgehead atoms. The molecule has 3 rings (SSSR count). The van der Waals surface area contributed by atoms with Gasteiger partial charge in [0.25, 0.3) is 0 Å². The van der Waals surface area contributed by atoms with E-state index in [0.717, 1.165) is 0 Å². The van der Waals surface area contributed by atoms with E-state index in [4.69, 9.17) is 4.74 Å². The number of carbonyl (C=O) groups excluding carboxylic acids is 2. The van der Waals surface area contributed by atoms with Crippen molar-refractivity contribution in [3.63, 3.8) is 0 Å². The Morgan fingerprint density at radius 1 is 1.10 bits per heavy atom. The highest BCUT2D eigenvalue weighted by Crippen LogP contribution is 2.20. The number of para-hydroxylation sites is 1. The largest absolute Gasteiger partial charge is 0.497 e. The summed E-state index contributed by atoms with van der Waals surface area (Å²) in [6.45, 7) is 0. The summed E-state index contributed by atoms with van der Waals surface area (Å²) in [6.07, 6.45) is 0.460. The summed E-state index contributed by atoms with van der Waals surface area (Å²) in [4.78, 5) is 24.3.